The number of nitrogens with one attached hydrogen (secondary N) is 2. The van der Waals surface area contributed by atoms with Crippen LogP contribution >= 0.6 is 11.8 Å². The standard InChI is InChI=1S/C20H21N5OS/c1-3-16-22-23-20-25(16)24-17(14-9-5-4-6-10-14)18(27-20)19(26)21-15-11-7-8-13(2)12-15/h4-12,17-18,24H,3H2,1-2H3,(H,21,26)/t17-,18-/m0/s1. The smallest absolute Gasteiger partial charge is 0.240 e. The zero-order valence-electron chi connectivity index (χ0n) is 15.2. The van der Waals surface area contributed by atoms with Crippen molar-refractivity contribution in [1.82, 2.24) is 14.9 Å². The molecule has 3 aromatic rings. The third kappa shape index (κ3) is 3.55. The highest BCUT2D eigenvalue weighted by Crippen LogP contribution is 2.37. The Hall–Kier alpha value is -2.80. The average molecular weight is 379 g/mol. The van der Waals surface area contributed by atoms with Gasteiger partial charge in [-0.15, -0.1) is 10.2 Å². The van der Waals surface area contributed by atoms with Gasteiger partial charge in [0.25, 0.3) is 0 Å². The minimum Gasteiger partial charge on any atom is -0.325 e. The number of anilines is 1. The van der Waals surface area contributed by atoms with Crippen LogP contribution in [0.2, 0.25) is 0 Å². The lowest BCUT2D eigenvalue weighted by Crippen LogP contribution is -2.41. The van der Waals surface area contributed by atoms with E-state index in [0.717, 1.165) is 29.1 Å². The summed E-state index contributed by atoms with van der Waals surface area (Å²) in [7, 11) is 0. The van der Waals surface area contributed by atoms with Crippen LogP contribution in [0.4, 0.5) is 5.69 Å². The van der Waals surface area contributed by atoms with Crippen molar-refractivity contribution in [3.05, 3.63) is 71.5 Å². The fourth-order valence-electron chi connectivity index (χ4n) is 3.17. The summed E-state index contributed by atoms with van der Waals surface area (Å²) >= 11 is 1.44. The van der Waals surface area contributed by atoms with Gasteiger partial charge in [-0.3, -0.25) is 4.79 Å². The summed E-state index contributed by atoms with van der Waals surface area (Å²) in [5.41, 5.74) is 6.41. The van der Waals surface area contributed by atoms with Crippen molar-refractivity contribution < 1.29 is 4.79 Å². The predicted octanol–water partition coefficient (Wildman–Crippen LogP) is 3.55. The van der Waals surface area contributed by atoms with Gasteiger partial charge in [0.05, 0.1) is 6.04 Å². The molecule has 7 heteroatoms. The van der Waals surface area contributed by atoms with Crippen molar-refractivity contribution in [3.63, 3.8) is 0 Å². The Bertz CT molecular complexity index is 956. The van der Waals surface area contributed by atoms with E-state index >= 15 is 0 Å². The second-order valence-electron chi connectivity index (χ2n) is 6.50. The van der Waals surface area contributed by atoms with E-state index in [1.807, 2.05) is 73.1 Å². The molecule has 0 spiro atoms. The Labute approximate surface area is 162 Å². The number of thioether (sulfide) groups is 1. The monoisotopic (exact) mass is 379 g/mol. The first-order valence-corrected chi connectivity index (χ1v) is 9.83. The van der Waals surface area contributed by atoms with Crippen LogP contribution in [-0.2, 0) is 11.2 Å². The fourth-order valence-corrected chi connectivity index (χ4v) is 4.27. The molecule has 0 bridgehead atoms. The van der Waals surface area contributed by atoms with Gasteiger partial charge in [0.15, 0.2) is 5.82 Å². The molecule has 0 fully saturated rings. The number of carbonyl (C=O) groups is 1. The van der Waals surface area contributed by atoms with E-state index in [4.69, 9.17) is 0 Å². The molecule has 0 saturated carbocycles. The minimum atomic E-state index is -0.366. The quantitative estimate of drug-likeness (QED) is 0.725. The van der Waals surface area contributed by atoms with Gasteiger partial charge < -0.3 is 10.7 Å². The normalized spacial score (nSPS) is 18.4. The van der Waals surface area contributed by atoms with Gasteiger partial charge in [0, 0.05) is 12.1 Å². The minimum absolute atomic E-state index is 0.0562. The molecule has 2 atom stereocenters. The summed E-state index contributed by atoms with van der Waals surface area (Å²) in [5, 5.41) is 11.9. The molecular weight excluding hydrogens is 358 g/mol. The van der Waals surface area contributed by atoms with Crippen molar-refractivity contribution in [2.24, 2.45) is 0 Å². The summed E-state index contributed by atoms with van der Waals surface area (Å²) in [6.07, 6.45) is 0.766. The van der Waals surface area contributed by atoms with Crippen molar-refractivity contribution in [2.75, 3.05) is 10.7 Å². The van der Waals surface area contributed by atoms with E-state index < -0.39 is 0 Å². The highest BCUT2D eigenvalue weighted by molar-refractivity contribution is 8.00. The number of rotatable bonds is 4. The number of nitrogens with zero attached hydrogens (tertiary/aromatic N) is 3. The van der Waals surface area contributed by atoms with Crippen molar-refractivity contribution >= 4 is 23.4 Å². The van der Waals surface area contributed by atoms with Crippen LogP contribution in [0.15, 0.2) is 59.8 Å². The third-order valence-corrected chi connectivity index (χ3v) is 5.74. The molecule has 138 valence electrons. The van der Waals surface area contributed by atoms with E-state index in [-0.39, 0.29) is 17.2 Å². The molecule has 0 unspecified atom stereocenters. The lowest BCUT2D eigenvalue weighted by atomic mass is 10.0. The molecule has 2 aromatic carbocycles. The number of aromatic nitrogens is 3. The number of amides is 1. The van der Waals surface area contributed by atoms with Gasteiger partial charge in [-0.2, -0.15) is 0 Å². The molecule has 1 aromatic heterocycles. The maximum Gasteiger partial charge on any atom is 0.240 e. The largest absolute Gasteiger partial charge is 0.325 e. The van der Waals surface area contributed by atoms with E-state index in [9.17, 15) is 4.79 Å². The molecule has 1 aliphatic heterocycles. The number of aryl methyl sites for hydroxylation is 2. The second kappa shape index (κ2) is 7.44. The van der Waals surface area contributed by atoms with Crippen LogP contribution in [0.25, 0.3) is 0 Å². The second-order valence-corrected chi connectivity index (χ2v) is 7.61. The summed E-state index contributed by atoms with van der Waals surface area (Å²) in [6.45, 7) is 4.05. The SMILES string of the molecule is CCc1nnc2n1N[C@@H](c1ccccc1)[C@@H](C(=O)Nc1cccc(C)c1)S2. The maximum absolute atomic E-state index is 13.1. The summed E-state index contributed by atoms with van der Waals surface area (Å²) in [4.78, 5) is 13.1. The first-order chi connectivity index (χ1) is 13.2. The molecular formula is C20H21N5OS. The summed E-state index contributed by atoms with van der Waals surface area (Å²) < 4.78 is 1.90. The topological polar surface area (TPSA) is 71.8 Å². The van der Waals surface area contributed by atoms with Gasteiger partial charge in [0.1, 0.15) is 5.25 Å². The van der Waals surface area contributed by atoms with E-state index in [0.29, 0.717) is 5.16 Å². The zero-order valence-corrected chi connectivity index (χ0v) is 16.0. The number of hydrogen-bond donors (Lipinski definition) is 2. The molecule has 0 radical (unpaired) electrons. The molecule has 0 aliphatic carbocycles. The van der Waals surface area contributed by atoms with Crippen molar-refractivity contribution in [2.45, 2.75) is 36.7 Å². The Balaban J connectivity index is 1.66. The van der Waals surface area contributed by atoms with Crippen molar-refractivity contribution in [3.8, 4) is 0 Å². The number of hydrogen-bond acceptors (Lipinski definition) is 5. The van der Waals surface area contributed by atoms with Gasteiger partial charge >= 0.3 is 0 Å². The molecule has 4 rings (SSSR count). The lowest BCUT2D eigenvalue weighted by Gasteiger charge is -2.33. The van der Waals surface area contributed by atoms with Crippen LogP contribution in [0.3, 0.4) is 0 Å². The summed E-state index contributed by atoms with van der Waals surface area (Å²) in [6, 6.07) is 17.6. The van der Waals surface area contributed by atoms with Gasteiger partial charge in [-0.1, -0.05) is 61.2 Å². The predicted molar refractivity (Wildman–Crippen MR) is 107 cm³/mol. The molecule has 27 heavy (non-hydrogen) atoms. The maximum atomic E-state index is 13.1. The Kier molecular flexibility index (Phi) is 4.85. The Morgan fingerprint density at radius 1 is 1.19 bits per heavy atom. The number of carbonyl (C=O) groups excluding carboxylic acids is 1. The molecule has 1 amide bonds. The van der Waals surface area contributed by atoms with Crippen LogP contribution in [-0.4, -0.2) is 26.0 Å². The molecule has 1 aliphatic rings. The third-order valence-electron chi connectivity index (χ3n) is 4.52. The lowest BCUT2D eigenvalue weighted by molar-refractivity contribution is -0.116. The number of benzene rings is 2. The van der Waals surface area contributed by atoms with Crippen LogP contribution in [0, 0.1) is 6.92 Å². The van der Waals surface area contributed by atoms with Crippen LogP contribution in [0.5, 0.6) is 0 Å². The molecule has 2 N–H and O–H groups in total. The highest BCUT2D eigenvalue weighted by atomic mass is 32.2. The zero-order chi connectivity index (χ0) is 18.8. The van der Waals surface area contributed by atoms with Gasteiger partial charge in [-0.05, 0) is 30.2 Å². The fraction of sp³-hybridized carbons (Fsp3) is 0.250. The van der Waals surface area contributed by atoms with E-state index in [1.165, 1.54) is 11.8 Å². The highest BCUT2D eigenvalue weighted by Gasteiger charge is 2.37. The number of fused-ring (bicyclic) bond motifs is 1. The van der Waals surface area contributed by atoms with E-state index in [1.54, 1.807) is 0 Å². The van der Waals surface area contributed by atoms with E-state index in [2.05, 4.69) is 20.9 Å². The van der Waals surface area contributed by atoms with Crippen molar-refractivity contribution in [1.29, 1.82) is 0 Å². The molecule has 6 nitrogen and oxygen atoms in total. The Morgan fingerprint density at radius 2 is 2.00 bits per heavy atom. The molecule has 2 heterocycles. The van der Waals surface area contributed by atoms with Gasteiger partial charge in [0.2, 0.25) is 11.1 Å². The van der Waals surface area contributed by atoms with Crippen LogP contribution < -0.4 is 10.7 Å². The van der Waals surface area contributed by atoms with Crippen LogP contribution in [0.1, 0.15) is 29.9 Å². The summed E-state index contributed by atoms with van der Waals surface area (Å²) in [5.74, 6) is 0.801. The average Bonchev–Trinajstić information content (AvgIpc) is 3.10. The Morgan fingerprint density at radius 3 is 2.74 bits per heavy atom. The molecule has 0 saturated heterocycles. The first-order valence-electron chi connectivity index (χ1n) is 8.95. The van der Waals surface area contributed by atoms with Gasteiger partial charge in [-0.25, -0.2) is 4.68 Å². The first kappa shape index (κ1) is 17.6.